The van der Waals surface area contributed by atoms with Gasteiger partial charge in [0, 0.05) is 35.3 Å². The molecule has 4 heteroatoms. The van der Waals surface area contributed by atoms with Crippen molar-refractivity contribution in [1.29, 1.82) is 0 Å². The molecular formula is C8H19NNaOS. The molecule has 1 atom stereocenters. The minimum atomic E-state index is -1.07. The van der Waals surface area contributed by atoms with Crippen LogP contribution in [0.3, 0.4) is 0 Å². The Morgan fingerprint density at radius 2 is 1.58 bits per heavy atom. The fraction of sp³-hybridized carbons (Fsp3) is 1.00. The summed E-state index contributed by atoms with van der Waals surface area (Å²) in [6.45, 7) is 2.20. The molecule has 0 aromatic heterocycles. The van der Waals surface area contributed by atoms with E-state index in [1.807, 2.05) is 0 Å². The standard InChI is InChI=1S/C8H19NOS.Na/c1-2-3-4-5-6-7-8-11(9)10;/h2-9H2,1H3;. The van der Waals surface area contributed by atoms with E-state index in [-0.39, 0.29) is 29.6 Å². The Labute approximate surface area is 101 Å². The summed E-state index contributed by atoms with van der Waals surface area (Å²) >= 11 is 0. The first-order chi connectivity index (χ1) is 5.27. The summed E-state index contributed by atoms with van der Waals surface area (Å²) in [5.74, 6) is 0.673. The Hall–Kier alpha value is 1.11. The normalized spacial score (nSPS) is 12.2. The van der Waals surface area contributed by atoms with Crippen molar-refractivity contribution in [2.75, 3.05) is 5.75 Å². The van der Waals surface area contributed by atoms with Gasteiger partial charge in [0.1, 0.15) is 0 Å². The van der Waals surface area contributed by atoms with Gasteiger partial charge in [-0.2, -0.15) is 0 Å². The van der Waals surface area contributed by atoms with Gasteiger partial charge in [-0.15, -0.1) is 0 Å². The molecule has 0 saturated carbocycles. The van der Waals surface area contributed by atoms with Gasteiger partial charge in [0.25, 0.3) is 0 Å². The van der Waals surface area contributed by atoms with Gasteiger partial charge in [0.05, 0.1) is 11.0 Å². The molecule has 2 N–H and O–H groups in total. The van der Waals surface area contributed by atoms with Crippen LogP contribution in [0.2, 0.25) is 0 Å². The summed E-state index contributed by atoms with van der Waals surface area (Å²) in [5.41, 5.74) is 0. The zero-order chi connectivity index (χ0) is 8.53. The van der Waals surface area contributed by atoms with Crippen LogP contribution in [0.4, 0.5) is 0 Å². The van der Waals surface area contributed by atoms with Gasteiger partial charge in [0.15, 0.2) is 0 Å². The molecule has 0 aliphatic rings. The summed E-state index contributed by atoms with van der Waals surface area (Å²) in [6.07, 6.45) is 7.39. The van der Waals surface area contributed by atoms with Crippen molar-refractivity contribution in [1.82, 2.24) is 0 Å². The Bertz CT molecular complexity index is 111. The molecule has 0 aliphatic carbocycles. The van der Waals surface area contributed by atoms with Gasteiger partial charge >= 0.3 is 0 Å². The molecule has 0 aromatic carbocycles. The van der Waals surface area contributed by atoms with E-state index in [9.17, 15) is 4.21 Å². The van der Waals surface area contributed by atoms with Crippen molar-refractivity contribution in [3.63, 3.8) is 0 Å². The Kier molecular flexibility index (Phi) is 15.7. The second-order valence-electron chi connectivity index (χ2n) is 2.85. The number of nitrogens with two attached hydrogens (primary N) is 1. The van der Waals surface area contributed by atoms with Crippen molar-refractivity contribution < 1.29 is 4.21 Å². The zero-order valence-corrected chi connectivity index (χ0v) is 11.2. The fourth-order valence-electron chi connectivity index (χ4n) is 1.02. The van der Waals surface area contributed by atoms with Crippen molar-refractivity contribution in [2.45, 2.75) is 45.4 Å². The fourth-order valence-corrected chi connectivity index (χ4v) is 1.51. The molecule has 1 unspecified atom stereocenters. The maximum Gasteiger partial charge on any atom is 0.0887 e. The van der Waals surface area contributed by atoms with Gasteiger partial charge < -0.3 is 0 Å². The maximum absolute atomic E-state index is 10.4. The maximum atomic E-state index is 10.4. The minimum Gasteiger partial charge on any atom is -0.252 e. The average molecular weight is 200 g/mol. The second-order valence-corrected chi connectivity index (χ2v) is 4.02. The van der Waals surface area contributed by atoms with Crippen LogP contribution in [-0.4, -0.2) is 39.5 Å². The third kappa shape index (κ3) is 13.7. The van der Waals surface area contributed by atoms with E-state index in [0.717, 1.165) is 6.42 Å². The summed E-state index contributed by atoms with van der Waals surface area (Å²) in [6, 6.07) is 0. The molecule has 0 rings (SSSR count). The van der Waals surface area contributed by atoms with Crippen molar-refractivity contribution in [2.24, 2.45) is 5.14 Å². The van der Waals surface area contributed by atoms with Gasteiger partial charge in [0.2, 0.25) is 0 Å². The first-order valence-electron chi connectivity index (χ1n) is 4.40. The molecule has 0 fully saturated rings. The monoisotopic (exact) mass is 200 g/mol. The summed E-state index contributed by atoms with van der Waals surface area (Å²) < 4.78 is 10.4. The van der Waals surface area contributed by atoms with Gasteiger partial charge in [-0.05, 0) is 6.42 Å². The molecule has 69 valence electrons. The first kappa shape index (κ1) is 15.6. The molecule has 0 aliphatic heterocycles. The van der Waals surface area contributed by atoms with Crippen molar-refractivity contribution in [3.8, 4) is 0 Å². The number of unbranched alkanes of at least 4 members (excludes halogenated alkanes) is 5. The van der Waals surface area contributed by atoms with E-state index in [2.05, 4.69) is 6.92 Å². The van der Waals surface area contributed by atoms with Crippen LogP contribution in [0.25, 0.3) is 0 Å². The van der Waals surface area contributed by atoms with Crippen molar-refractivity contribution >= 4 is 40.5 Å². The number of hydrogen-bond acceptors (Lipinski definition) is 1. The van der Waals surface area contributed by atoms with Crippen LogP contribution < -0.4 is 5.14 Å². The van der Waals surface area contributed by atoms with Gasteiger partial charge in [-0.25, -0.2) is 4.21 Å². The van der Waals surface area contributed by atoms with Gasteiger partial charge in [-0.3, -0.25) is 5.14 Å². The molecule has 0 bridgehead atoms. The number of hydrogen-bond donors (Lipinski definition) is 1. The smallest absolute Gasteiger partial charge is 0.0887 e. The largest absolute Gasteiger partial charge is 0.252 e. The van der Waals surface area contributed by atoms with E-state index in [0.29, 0.717) is 5.75 Å². The SMILES string of the molecule is CCCCCCCCS(N)=O.[Na]. The van der Waals surface area contributed by atoms with E-state index < -0.39 is 11.0 Å². The van der Waals surface area contributed by atoms with E-state index in [1.54, 1.807) is 0 Å². The third-order valence-electron chi connectivity index (χ3n) is 1.70. The molecule has 0 aromatic rings. The Balaban J connectivity index is 0. The molecule has 12 heavy (non-hydrogen) atoms. The molecule has 0 amide bonds. The van der Waals surface area contributed by atoms with Gasteiger partial charge in [-0.1, -0.05) is 39.0 Å². The summed E-state index contributed by atoms with van der Waals surface area (Å²) in [4.78, 5) is 0. The molecule has 0 heterocycles. The van der Waals surface area contributed by atoms with Crippen LogP contribution in [0, 0.1) is 0 Å². The predicted octanol–water partition coefficient (Wildman–Crippen LogP) is 1.59. The molecule has 1 radical (unpaired) electrons. The number of rotatable bonds is 7. The quantitative estimate of drug-likeness (QED) is 0.492. The molecular weight excluding hydrogens is 181 g/mol. The zero-order valence-electron chi connectivity index (χ0n) is 8.34. The van der Waals surface area contributed by atoms with E-state index >= 15 is 0 Å². The Morgan fingerprint density at radius 3 is 2.08 bits per heavy atom. The molecule has 0 saturated heterocycles. The summed E-state index contributed by atoms with van der Waals surface area (Å²) in [5, 5.41) is 5.11. The van der Waals surface area contributed by atoms with Crippen LogP contribution in [0.15, 0.2) is 0 Å². The summed E-state index contributed by atoms with van der Waals surface area (Å²) in [7, 11) is -1.07. The first-order valence-corrected chi connectivity index (χ1v) is 5.78. The second kappa shape index (κ2) is 12.1. The van der Waals surface area contributed by atoms with E-state index in [1.165, 1.54) is 32.1 Å². The van der Waals surface area contributed by atoms with Crippen LogP contribution in [-0.2, 0) is 11.0 Å². The molecule has 2 nitrogen and oxygen atoms in total. The van der Waals surface area contributed by atoms with E-state index in [4.69, 9.17) is 5.14 Å². The minimum absolute atomic E-state index is 0. The topological polar surface area (TPSA) is 43.1 Å². The van der Waals surface area contributed by atoms with Crippen LogP contribution in [0.1, 0.15) is 45.4 Å². The van der Waals surface area contributed by atoms with Crippen LogP contribution in [0.5, 0.6) is 0 Å². The third-order valence-corrected chi connectivity index (χ3v) is 2.39. The van der Waals surface area contributed by atoms with Crippen LogP contribution >= 0.6 is 0 Å². The average Bonchev–Trinajstić information content (AvgIpc) is 1.96. The molecule has 0 spiro atoms. The van der Waals surface area contributed by atoms with Crippen molar-refractivity contribution in [3.05, 3.63) is 0 Å². The Morgan fingerprint density at radius 1 is 1.08 bits per heavy atom. The predicted molar refractivity (Wildman–Crippen MR) is 56.3 cm³/mol.